The van der Waals surface area contributed by atoms with Gasteiger partial charge in [0, 0.05) is 19.6 Å². The average molecular weight is 195 g/mol. The maximum absolute atomic E-state index is 4.21. The number of rotatable bonds is 4. The van der Waals surface area contributed by atoms with Crippen molar-refractivity contribution in [3.63, 3.8) is 0 Å². The molecule has 0 aromatic carbocycles. The van der Waals surface area contributed by atoms with E-state index >= 15 is 0 Å². The maximum atomic E-state index is 4.21. The van der Waals surface area contributed by atoms with Crippen LogP contribution in [0.4, 0.5) is 0 Å². The molecule has 0 unspecified atom stereocenters. The van der Waals surface area contributed by atoms with Gasteiger partial charge in [-0.3, -0.25) is 5.01 Å². The summed E-state index contributed by atoms with van der Waals surface area (Å²) in [5.74, 6) is 0.860. The number of hydrogen-bond acceptors (Lipinski definition) is 3. The van der Waals surface area contributed by atoms with E-state index in [1.807, 2.05) is 0 Å². The van der Waals surface area contributed by atoms with Gasteiger partial charge in [0.25, 0.3) is 0 Å². The maximum Gasteiger partial charge on any atom is 0.114 e. The van der Waals surface area contributed by atoms with E-state index in [4.69, 9.17) is 0 Å². The second-order valence-corrected chi connectivity index (χ2v) is 4.07. The molecule has 3 heteroatoms. The van der Waals surface area contributed by atoms with Crippen LogP contribution < -0.4 is 0 Å². The van der Waals surface area contributed by atoms with Crippen LogP contribution in [0.3, 0.4) is 0 Å². The largest absolute Gasteiger partial charge is 0.287 e. The van der Waals surface area contributed by atoms with Crippen LogP contribution in [0.15, 0.2) is 10.1 Å². The third-order valence-electron chi connectivity index (χ3n) is 2.64. The molecule has 0 aliphatic carbocycles. The standard InChI is InChI=1S/C11H21N3/c1-3-4-7-12-10-13-14-8-5-11(2)6-9-14/h11H,3-9H2,1-2H3. The molecular formula is C11H21N3. The van der Waals surface area contributed by atoms with Crippen molar-refractivity contribution in [3.05, 3.63) is 0 Å². The van der Waals surface area contributed by atoms with Crippen molar-refractivity contribution in [2.75, 3.05) is 19.6 Å². The Labute approximate surface area is 86.9 Å². The monoisotopic (exact) mass is 195 g/mol. The molecule has 0 bridgehead atoms. The highest BCUT2D eigenvalue weighted by molar-refractivity contribution is 5.40. The fraction of sp³-hybridized carbons (Fsp3) is 0.909. The van der Waals surface area contributed by atoms with Gasteiger partial charge in [0.2, 0.25) is 0 Å². The molecule has 1 aliphatic rings. The van der Waals surface area contributed by atoms with E-state index in [9.17, 15) is 0 Å². The number of hydrazone groups is 1. The van der Waals surface area contributed by atoms with Crippen LogP contribution in [0, 0.1) is 5.92 Å². The van der Waals surface area contributed by atoms with Gasteiger partial charge in [-0.1, -0.05) is 20.3 Å². The Morgan fingerprint density at radius 1 is 1.36 bits per heavy atom. The summed E-state index contributed by atoms with van der Waals surface area (Å²) in [5.41, 5.74) is 0. The summed E-state index contributed by atoms with van der Waals surface area (Å²) in [5, 5.41) is 6.28. The molecule has 0 spiro atoms. The first-order valence-corrected chi connectivity index (χ1v) is 5.70. The lowest BCUT2D eigenvalue weighted by molar-refractivity contribution is 0.201. The van der Waals surface area contributed by atoms with E-state index in [-0.39, 0.29) is 0 Å². The van der Waals surface area contributed by atoms with E-state index in [0.29, 0.717) is 0 Å². The van der Waals surface area contributed by atoms with E-state index in [2.05, 4.69) is 35.0 Å². The highest BCUT2D eigenvalue weighted by atomic mass is 15.4. The highest BCUT2D eigenvalue weighted by Crippen LogP contribution is 2.15. The Morgan fingerprint density at radius 2 is 2.07 bits per heavy atom. The molecule has 3 nitrogen and oxygen atoms in total. The Morgan fingerprint density at radius 3 is 2.71 bits per heavy atom. The van der Waals surface area contributed by atoms with Crippen LogP contribution in [0.25, 0.3) is 0 Å². The van der Waals surface area contributed by atoms with Crippen molar-refractivity contribution >= 4 is 6.01 Å². The minimum atomic E-state index is 0.860. The Hall–Kier alpha value is -0.820. The molecule has 14 heavy (non-hydrogen) atoms. The number of piperidine rings is 1. The predicted molar refractivity (Wildman–Crippen MR) is 59.6 cm³/mol. The van der Waals surface area contributed by atoms with E-state index < -0.39 is 0 Å². The number of hydrogen-bond donors (Lipinski definition) is 0. The topological polar surface area (TPSA) is 28.0 Å². The zero-order valence-corrected chi connectivity index (χ0v) is 9.37. The zero-order valence-electron chi connectivity index (χ0n) is 9.37. The van der Waals surface area contributed by atoms with Crippen molar-refractivity contribution in [1.82, 2.24) is 5.01 Å². The van der Waals surface area contributed by atoms with Gasteiger partial charge in [-0.2, -0.15) is 0 Å². The third-order valence-corrected chi connectivity index (χ3v) is 2.64. The van der Waals surface area contributed by atoms with Gasteiger partial charge in [0.05, 0.1) is 0 Å². The molecule has 0 N–H and O–H groups in total. The van der Waals surface area contributed by atoms with Crippen molar-refractivity contribution in [1.29, 1.82) is 0 Å². The molecule has 1 heterocycles. The molecule has 0 aromatic heterocycles. The minimum absolute atomic E-state index is 0.860. The van der Waals surface area contributed by atoms with Gasteiger partial charge >= 0.3 is 0 Å². The summed E-state index contributed by atoms with van der Waals surface area (Å²) in [6, 6.07) is 2.78. The second kappa shape index (κ2) is 6.61. The Balaban J connectivity index is 2.19. The quantitative estimate of drug-likeness (QED) is 0.500. The first-order chi connectivity index (χ1) is 6.83. The van der Waals surface area contributed by atoms with Gasteiger partial charge in [-0.25, -0.2) is 4.99 Å². The van der Waals surface area contributed by atoms with E-state index in [1.165, 1.54) is 19.3 Å². The van der Waals surface area contributed by atoms with Crippen LogP contribution in [0.2, 0.25) is 0 Å². The van der Waals surface area contributed by atoms with Crippen LogP contribution in [0.1, 0.15) is 39.5 Å². The molecule has 0 atom stereocenters. The van der Waals surface area contributed by atoms with Crippen LogP contribution >= 0.6 is 0 Å². The van der Waals surface area contributed by atoms with Crippen molar-refractivity contribution in [3.8, 4) is 0 Å². The normalized spacial score (nSPS) is 17.7. The second-order valence-electron chi connectivity index (χ2n) is 4.07. The lowest BCUT2D eigenvalue weighted by Gasteiger charge is -2.26. The lowest BCUT2D eigenvalue weighted by atomic mass is 10.0. The molecule has 1 saturated heterocycles. The molecule has 0 saturated carbocycles. The average Bonchev–Trinajstić information content (AvgIpc) is 2.21. The molecule has 0 radical (unpaired) electrons. The lowest BCUT2D eigenvalue weighted by Crippen LogP contribution is -2.28. The minimum Gasteiger partial charge on any atom is -0.287 e. The summed E-state index contributed by atoms with van der Waals surface area (Å²) >= 11 is 0. The molecule has 80 valence electrons. The third kappa shape index (κ3) is 4.43. The Kier molecular flexibility index (Phi) is 5.31. The van der Waals surface area contributed by atoms with Gasteiger partial charge in [-0.15, -0.1) is 5.10 Å². The number of aliphatic imine (C=N–C) groups is 1. The molecule has 1 aliphatic heterocycles. The summed E-state index contributed by atoms with van der Waals surface area (Å²) in [4.78, 5) is 4.12. The summed E-state index contributed by atoms with van der Waals surface area (Å²) < 4.78 is 0. The van der Waals surface area contributed by atoms with Gasteiger partial charge < -0.3 is 0 Å². The van der Waals surface area contributed by atoms with E-state index in [1.54, 1.807) is 0 Å². The number of nitrogens with zero attached hydrogens (tertiary/aromatic N) is 3. The fourth-order valence-corrected chi connectivity index (χ4v) is 1.48. The SMILES string of the molecule is CCCCN=C=NN1CCC(C)CC1. The van der Waals surface area contributed by atoms with E-state index in [0.717, 1.165) is 32.0 Å². The van der Waals surface area contributed by atoms with Crippen molar-refractivity contribution in [2.24, 2.45) is 16.0 Å². The molecular weight excluding hydrogens is 174 g/mol. The summed E-state index contributed by atoms with van der Waals surface area (Å²) in [7, 11) is 0. The van der Waals surface area contributed by atoms with Crippen LogP contribution in [-0.4, -0.2) is 30.7 Å². The van der Waals surface area contributed by atoms with Crippen molar-refractivity contribution in [2.45, 2.75) is 39.5 Å². The first-order valence-electron chi connectivity index (χ1n) is 5.70. The highest BCUT2D eigenvalue weighted by Gasteiger charge is 2.12. The zero-order chi connectivity index (χ0) is 10.2. The molecule has 0 aromatic rings. The van der Waals surface area contributed by atoms with Crippen molar-refractivity contribution < 1.29 is 0 Å². The molecule has 1 rings (SSSR count). The van der Waals surface area contributed by atoms with Crippen LogP contribution in [0.5, 0.6) is 0 Å². The van der Waals surface area contributed by atoms with Gasteiger partial charge in [-0.05, 0) is 25.2 Å². The van der Waals surface area contributed by atoms with Crippen LogP contribution in [-0.2, 0) is 0 Å². The summed E-state index contributed by atoms with van der Waals surface area (Å²) in [6.45, 7) is 7.47. The smallest absolute Gasteiger partial charge is 0.114 e. The fourth-order valence-electron chi connectivity index (χ4n) is 1.48. The van der Waals surface area contributed by atoms with Gasteiger partial charge in [0.1, 0.15) is 6.01 Å². The first kappa shape index (κ1) is 11.3. The number of unbranched alkanes of at least 4 members (excludes halogenated alkanes) is 1. The molecule has 0 amide bonds. The molecule has 1 fully saturated rings. The summed E-state index contributed by atoms with van der Waals surface area (Å²) in [6.07, 6.45) is 4.83. The predicted octanol–water partition coefficient (Wildman–Crippen LogP) is 2.61. The van der Waals surface area contributed by atoms with Gasteiger partial charge in [0.15, 0.2) is 0 Å². The Bertz CT molecular complexity index is 199.